The number of pyridine rings is 2. The van der Waals surface area contributed by atoms with Gasteiger partial charge in [0.05, 0.1) is 28.5 Å². The van der Waals surface area contributed by atoms with Gasteiger partial charge in [-0.15, -0.1) is 0 Å². The molecule has 0 spiro atoms. The molecular weight excluding hydrogens is 528 g/mol. The highest BCUT2D eigenvalue weighted by atomic mass is 32.2. The Labute approximate surface area is 234 Å². The van der Waals surface area contributed by atoms with E-state index in [2.05, 4.69) is 30.8 Å². The van der Waals surface area contributed by atoms with Crippen molar-refractivity contribution in [1.29, 1.82) is 0 Å². The van der Waals surface area contributed by atoms with Gasteiger partial charge < -0.3 is 14.8 Å². The zero-order valence-corrected chi connectivity index (χ0v) is 22.1. The second-order valence-electron chi connectivity index (χ2n) is 8.86. The summed E-state index contributed by atoms with van der Waals surface area (Å²) in [6, 6.07) is 28.4. The monoisotopic (exact) mass is 550 g/mol. The average molecular weight is 551 g/mol. The molecule has 8 nitrogen and oxygen atoms in total. The summed E-state index contributed by atoms with van der Waals surface area (Å²) < 4.78 is 2.13. The molecule has 6 rings (SSSR count). The van der Waals surface area contributed by atoms with Crippen LogP contribution in [0.2, 0.25) is 0 Å². The van der Waals surface area contributed by atoms with Crippen molar-refractivity contribution < 1.29 is 4.92 Å². The van der Waals surface area contributed by atoms with E-state index in [9.17, 15) is 10.1 Å². The molecule has 192 valence electrons. The topological polar surface area (TPSA) is 89.1 Å². The number of non-ortho nitro benzene ring substituents is 1. The van der Waals surface area contributed by atoms with Crippen LogP contribution in [-0.4, -0.2) is 24.6 Å². The Morgan fingerprint density at radius 1 is 0.872 bits per heavy atom. The van der Waals surface area contributed by atoms with Crippen molar-refractivity contribution in [2.24, 2.45) is 0 Å². The quantitative estimate of drug-likeness (QED) is 0.139. The fourth-order valence-corrected chi connectivity index (χ4v) is 5.91. The Hall–Kier alpha value is -4.54. The van der Waals surface area contributed by atoms with Crippen LogP contribution in [0.25, 0.3) is 5.69 Å². The maximum atomic E-state index is 11.0. The SMILES string of the molecule is O=[N+]([O-])c1ccc(Sc2ccc(N3C(=S)N[C@@H](c4ccccn4)[C@H]3c3cccn3-c3cccnc3)cc2)cc1. The predicted octanol–water partition coefficient (Wildman–Crippen LogP) is 6.50. The summed E-state index contributed by atoms with van der Waals surface area (Å²) in [7, 11) is 0. The zero-order valence-electron chi connectivity index (χ0n) is 20.5. The lowest BCUT2D eigenvalue weighted by atomic mass is 10.0. The minimum Gasteiger partial charge on any atom is -0.351 e. The van der Waals surface area contributed by atoms with E-state index < -0.39 is 4.92 Å². The molecule has 0 saturated carbocycles. The largest absolute Gasteiger partial charge is 0.351 e. The number of nitro groups is 1. The third-order valence-corrected chi connectivity index (χ3v) is 7.83. The normalized spacial score (nSPS) is 16.7. The summed E-state index contributed by atoms with van der Waals surface area (Å²) in [6.07, 6.45) is 7.43. The molecule has 0 unspecified atom stereocenters. The maximum absolute atomic E-state index is 11.0. The van der Waals surface area contributed by atoms with Crippen molar-refractivity contribution in [2.45, 2.75) is 21.9 Å². The molecular formula is C29H22N6O2S2. The van der Waals surface area contributed by atoms with Crippen LogP contribution < -0.4 is 10.2 Å². The van der Waals surface area contributed by atoms with Gasteiger partial charge in [-0.2, -0.15) is 0 Å². The number of hydrogen-bond acceptors (Lipinski definition) is 6. The Balaban J connectivity index is 1.35. The zero-order chi connectivity index (χ0) is 26.8. The van der Waals surface area contributed by atoms with Gasteiger partial charge in [0.2, 0.25) is 0 Å². The van der Waals surface area contributed by atoms with Gasteiger partial charge in [-0.05, 0) is 85.0 Å². The van der Waals surface area contributed by atoms with Crippen LogP contribution in [0.3, 0.4) is 0 Å². The van der Waals surface area contributed by atoms with E-state index in [1.54, 1.807) is 36.3 Å². The molecule has 1 aliphatic heterocycles. The van der Waals surface area contributed by atoms with Gasteiger partial charge in [0.15, 0.2) is 5.11 Å². The molecule has 39 heavy (non-hydrogen) atoms. The number of nitro benzene ring substituents is 1. The number of nitrogens with zero attached hydrogens (tertiary/aromatic N) is 5. The molecule has 4 heterocycles. The number of thiocarbonyl (C=S) groups is 1. The van der Waals surface area contributed by atoms with Crippen LogP contribution >= 0.6 is 24.0 Å². The predicted molar refractivity (Wildman–Crippen MR) is 155 cm³/mol. The minimum absolute atomic E-state index is 0.0780. The summed E-state index contributed by atoms with van der Waals surface area (Å²) in [5.41, 5.74) is 3.94. The maximum Gasteiger partial charge on any atom is 0.269 e. The van der Waals surface area contributed by atoms with Gasteiger partial charge in [-0.3, -0.25) is 20.1 Å². The summed E-state index contributed by atoms with van der Waals surface area (Å²) in [5, 5.41) is 15.1. The van der Waals surface area contributed by atoms with Crippen molar-refractivity contribution in [2.75, 3.05) is 4.90 Å². The highest BCUT2D eigenvalue weighted by Crippen LogP contribution is 2.42. The lowest BCUT2D eigenvalue weighted by Gasteiger charge is -2.29. The van der Waals surface area contributed by atoms with Crippen LogP contribution in [0.1, 0.15) is 23.5 Å². The van der Waals surface area contributed by atoms with Crippen LogP contribution in [0.4, 0.5) is 11.4 Å². The number of hydrogen-bond donors (Lipinski definition) is 1. The number of aromatic nitrogens is 3. The van der Waals surface area contributed by atoms with E-state index in [1.165, 1.54) is 12.1 Å². The molecule has 3 aromatic heterocycles. The van der Waals surface area contributed by atoms with Gasteiger partial charge >= 0.3 is 0 Å². The van der Waals surface area contributed by atoms with Gasteiger partial charge in [0, 0.05) is 51.9 Å². The number of benzene rings is 2. The van der Waals surface area contributed by atoms with Crippen molar-refractivity contribution >= 4 is 40.5 Å². The average Bonchev–Trinajstić information content (AvgIpc) is 3.59. The van der Waals surface area contributed by atoms with Crippen LogP contribution in [-0.2, 0) is 0 Å². The fraction of sp³-hybridized carbons (Fsp3) is 0.0690. The van der Waals surface area contributed by atoms with Gasteiger partial charge in [0.1, 0.15) is 6.04 Å². The molecule has 0 aliphatic carbocycles. The standard InChI is InChI=1S/C29H22N6O2S2/c36-35(37)21-10-14-24(15-11-21)39-23-12-8-20(9-13-23)34-28(27(32-29(34)38)25-6-1-2-17-31-25)26-7-4-18-33(26)22-5-3-16-30-19-22/h1-19,27-28H,(H,32,38)/t27-,28+/m0/s1. The first-order valence-corrected chi connectivity index (χ1v) is 13.4. The van der Waals surface area contributed by atoms with Crippen LogP contribution in [0, 0.1) is 10.1 Å². The first kappa shape index (κ1) is 24.8. The van der Waals surface area contributed by atoms with E-state index in [-0.39, 0.29) is 17.8 Å². The Morgan fingerprint density at radius 3 is 2.31 bits per heavy atom. The van der Waals surface area contributed by atoms with Gasteiger partial charge in [-0.1, -0.05) is 17.8 Å². The Bertz CT molecular complexity index is 1610. The molecule has 1 fully saturated rings. The molecule has 2 atom stereocenters. The molecule has 1 N–H and O–H groups in total. The summed E-state index contributed by atoms with van der Waals surface area (Å²) in [5.74, 6) is 0. The fourth-order valence-electron chi connectivity index (χ4n) is 4.75. The molecule has 1 saturated heterocycles. The van der Waals surface area contributed by atoms with Gasteiger partial charge in [-0.25, -0.2) is 0 Å². The number of nitrogens with one attached hydrogen (secondary N) is 1. The van der Waals surface area contributed by atoms with Crippen molar-refractivity contribution in [3.05, 3.63) is 137 Å². The first-order chi connectivity index (χ1) is 19.1. The molecule has 5 aromatic rings. The van der Waals surface area contributed by atoms with E-state index in [1.807, 2.05) is 73.1 Å². The van der Waals surface area contributed by atoms with Crippen molar-refractivity contribution in [1.82, 2.24) is 19.9 Å². The second-order valence-corrected chi connectivity index (χ2v) is 10.4. The minimum atomic E-state index is -0.393. The molecule has 0 bridgehead atoms. The Kier molecular flexibility index (Phi) is 6.78. The van der Waals surface area contributed by atoms with E-state index in [4.69, 9.17) is 12.2 Å². The second kappa shape index (κ2) is 10.7. The van der Waals surface area contributed by atoms with E-state index >= 15 is 0 Å². The third kappa shape index (κ3) is 4.99. The lowest BCUT2D eigenvalue weighted by molar-refractivity contribution is -0.384. The van der Waals surface area contributed by atoms with Crippen molar-refractivity contribution in [3.63, 3.8) is 0 Å². The molecule has 1 aliphatic rings. The Morgan fingerprint density at radius 2 is 1.64 bits per heavy atom. The highest BCUT2D eigenvalue weighted by Gasteiger charge is 2.42. The molecule has 10 heteroatoms. The summed E-state index contributed by atoms with van der Waals surface area (Å²) in [6.45, 7) is 0. The highest BCUT2D eigenvalue weighted by molar-refractivity contribution is 7.99. The van der Waals surface area contributed by atoms with Crippen molar-refractivity contribution in [3.8, 4) is 5.69 Å². The molecule has 2 aromatic carbocycles. The molecule has 0 amide bonds. The lowest BCUT2D eigenvalue weighted by Crippen LogP contribution is -2.30. The van der Waals surface area contributed by atoms with E-state index in [0.717, 1.165) is 32.6 Å². The van der Waals surface area contributed by atoms with Crippen LogP contribution in [0.5, 0.6) is 0 Å². The number of rotatable bonds is 7. The molecule has 0 radical (unpaired) electrons. The first-order valence-electron chi connectivity index (χ1n) is 12.2. The van der Waals surface area contributed by atoms with Gasteiger partial charge in [0.25, 0.3) is 5.69 Å². The summed E-state index contributed by atoms with van der Waals surface area (Å²) in [4.78, 5) is 23.6. The number of anilines is 1. The van der Waals surface area contributed by atoms with Crippen LogP contribution in [0.15, 0.2) is 126 Å². The van der Waals surface area contributed by atoms with E-state index in [0.29, 0.717) is 5.11 Å². The smallest absolute Gasteiger partial charge is 0.269 e. The summed E-state index contributed by atoms with van der Waals surface area (Å²) >= 11 is 7.43. The third-order valence-electron chi connectivity index (χ3n) is 6.50.